The van der Waals surface area contributed by atoms with E-state index in [-0.39, 0.29) is 5.88 Å². The molecular weight excluding hydrogens is 216 g/mol. The van der Waals surface area contributed by atoms with Crippen molar-refractivity contribution in [2.45, 2.75) is 18.6 Å². The van der Waals surface area contributed by atoms with Crippen molar-refractivity contribution in [1.82, 2.24) is 0 Å². The summed E-state index contributed by atoms with van der Waals surface area (Å²) in [5, 5.41) is 19.2. The number of halogens is 1. The normalized spacial score (nSPS) is 14.6. The molecular formula is C11H13ClO3. The van der Waals surface area contributed by atoms with Gasteiger partial charge in [-0.25, -0.2) is 0 Å². The van der Waals surface area contributed by atoms with Crippen molar-refractivity contribution in [1.29, 1.82) is 0 Å². The molecule has 0 aliphatic heterocycles. The van der Waals surface area contributed by atoms with Gasteiger partial charge in [-0.1, -0.05) is 18.2 Å². The van der Waals surface area contributed by atoms with E-state index < -0.39 is 12.2 Å². The Bertz CT molecular complexity index is 327. The summed E-state index contributed by atoms with van der Waals surface area (Å²) < 4.78 is 0. The number of hydrogen-bond acceptors (Lipinski definition) is 3. The fourth-order valence-electron chi connectivity index (χ4n) is 1.31. The first-order chi connectivity index (χ1) is 7.19. The van der Waals surface area contributed by atoms with Crippen LogP contribution in [0.4, 0.5) is 0 Å². The molecule has 1 aromatic carbocycles. The predicted molar refractivity (Wildman–Crippen MR) is 58.1 cm³/mol. The Labute approximate surface area is 93.3 Å². The highest BCUT2D eigenvalue weighted by atomic mass is 35.5. The van der Waals surface area contributed by atoms with Gasteiger partial charge in [0.15, 0.2) is 0 Å². The number of rotatable bonds is 5. The summed E-state index contributed by atoms with van der Waals surface area (Å²) in [7, 11) is 0. The topological polar surface area (TPSA) is 57.5 Å². The highest BCUT2D eigenvalue weighted by Crippen LogP contribution is 2.19. The lowest BCUT2D eigenvalue weighted by Crippen LogP contribution is -2.18. The van der Waals surface area contributed by atoms with Crippen molar-refractivity contribution in [2.24, 2.45) is 0 Å². The first-order valence-corrected chi connectivity index (χ1v) is 5.19. The zero-order valence-electron chi connectivity index (χ0n) is 8.14. The largest absolute Gasteiger partial charge is 0.390 e. The lowest BCUT2D eigenvalue weighted by molar-refractivity contribution is 0.0170. The van der Waals surface area contributed by atoms with Crippen molar-refractivity contribution in [3.05, 3.63) is 35.4 Å². The van der Waals surface area contributed by atoms with E-state index in [1.807, 2.05) is 0 Å². The monoisotopic (exact) mass is 228 g/mol. The van der Waals surface area contributed by atoms with Crippen LogP contribution >= 0.6 is 11.6 Å². The van der Waals surface area contributed by atoms with E-state index in [2.05, 4.69) is 0 Å². The van der Waals surface area contributed by atoms with Crippen LogP contribution < -0.4 is 0 Å². The second-order valence-electron chi connectivity index (χ2n) is 3.28. The second-order valence-corrected chi connectivity index (χ2v) is 3.66. The summed E-state index contributed by atoms with van der Waals surface area (Å²) >= 11 is 5.46. The lowest BCUT2D eigenvalue weighted by Gasteiger charge is -2.17. The van der Waals surface area contributed by atoms with Crippen LogP contribution in [-0.4, -0.2) is 28.5 Å². The molecule has 0 fully saturated rings. The van der Waals surface area contributed by atoms with E-state index in [1.165, 1.54) is 0 Å². The Morgan fingerprint density at radius 3 is 2.73 bits per heavy atom. The molecule has 0 heterocycles. The maximum Gasteiger partial charge on any atom is 0.150 e. The van der Waals surface area contributed by atoms with E-state index in [0.29, 0.717) is 23.8 Å². The molecule has 82 valence electrons. The minimum absolute atomic E-state index is 0.283. The third-order valence-electron chi connectivity index (χ3n) is 2.16. The molecule has 0 aliphatic rings. The maximum absolute atomic E-state index is 10.5. The summed E-state index contributed by atoms with van der Waals surface area (Å²) in [5.74, 6) is 0.283. The predicted octanol–water partition coefficient (Wildman–Crippen LogP) is 1.52. The average Bonchev–Trinajstić information content (AvgIpc) is 2.28. The van der Waals surface area contributed by atoms with Crippen LogP contribution in [0.15, 0.2) is 24.3 Å². The van der Waals surface area contributed by atoms with Gasteiger partial charge in [0, 0.05) is 11.4 Å². The van der Waals surface area contributed by atoms with E-state index in [4.69, 9.17) is 11.6 Å². The van der Waals surface area contributed by atoms with Gasteiger partial charge >= 0.3 is 0 Å². The Balaban J connectivity index is 2.80. The van der Waals surface area contributed by atoms with E-state index in [0.717, 1.165) is 0 Å². The second kappa shape index (κ2) is 5.85. The summed E-state index contributed by atoms with van der Waals surface area (Å²) in [6.07, 6.45) is -0.883. The van der Waals surface area contributed by atoms with Crippen molar-refractivity contribution in [2.75, 3.05) is 5.88 Å². The number of aliphatic hydroxyl groups is 2. The van der Waals surface area contributed by atoms with Crippen LogP contribution in [0.5, 0.6) is 0 Å². The Hall–Kier alpha value is -0.900. The molecule has 0 aromatic heterocycles. The zero-order chi connectivity index (χ0) is 11.3. The molecule has 2 atom stereocenters. The van der Waals surface area contributed by atoms with Crippen molar-refractivity contribution >= 4 is 17.9 Å². The van der Waals surface area contributed by atoms with Crippen molar-refractivity contribution < 1.29 is 15.0 Å². The fraction of sp³-hybridized carbons (Fsp3) is 0.364. The van der Waals surface area contributed by atoms with Crippen molar-refractivity contribution in [3.63, 3.8) is 0 Å². The van der Waals surface area contributed by atoms with Crippen LogP contribution in [0.25, 0.3) is 0 Å². The Kier molecular flexibility index (Phi) is 4.75. The molecule has 0 radical (unpaired) electrons. The van der Waals surface area contributed by atoms with Crippen LogP contribution in [0.2, 0.25) is 0 Å². The lowest BCUT2D eigenvalue weighted by atomic mass is 10.0. The average molecular weight is 229 g/mol. The summed E-state index contributed by atoms with van der Waals surface area (Å²) in [5.41, 5.74) is 1.00. The summed E-state index contributed by atoms with van der Waals surface area (Å²) in [4.78, 5) is 10.5. The molecule has 1 aromatic rings. The quantitative estimate of drug-likeness (QED) is 0.594. The summed E-state index contributed by atoms with van der Waals surface area (Å²) in [6, 6.07) is 6.51. The third-order valence-corrected chi connectivity index (χ3v) is 2.38. The molecule has 0 amide bonds. The number of alkyl halides is 1. The maximum atomic E-state index is 10.5. The molecule has 0 spiro atoms. The minimum Gasteiger partial charge on any atom is -0.390 e. The molecule has 15 heavy (non-hydrogen) atoms. The van der Waals surface area contributed by atoms with Crippen molar-refractivity contribution in [3.8, 4) is 0 Å². The number of carbonyl (C=O) groups excluding carboxylic acids is 1. The molecule has 0 saturated carbocycles. The van der Waals surface area contributed by atoms with E-state index in [1.54, 1.807) is 24.3 Å². The summed E-state index contributed by atoms with van der Waals surface area (Å²) in [6.45, 7) is 0. The van der Waals surface area contributed by atoms with Gasteiger partial charge in [-0.2, -0.15) is 0 Å². The Morgan fingerprint density at radius 2 is 2.13 bits per heavy atom. The van der Waals surface area contributed by atoms with Crippen LogP contribution in [-0.2, 0) is 0 Å². The highest BCUT2D eigenvalue weighted by molar-refractivity contribution is 6.17. The standard InChI is InChI=1S/C11H13ClO3/c12-5-4-10(14)11(15)9-3-1-2-8(6-9)7-13/h1-3,6-7,10-11,14-15H,4-5H2. The van der Waals surface area contributed by atoms with Gasteiger partial charge < -0.3 is 10.2 Å². The fourth-order valence-corrected chi connectivity index (χ4v) is 1.53. The first kappa shape index (κ1) is 12.2. The molecule has 2 unspecified atom stereocenters. The molecule has 0 aliphatic carbocycles. The third kappa shape index (κ3) is 3.30. The van der Waals surface area contributed by atoms with E-state index in [9.17, 15) is 15.0 Å². The van der Waals surface area contributed by atoms with E-state index >= 15 is 0 Å². The van der Waals surface area contributed by atoms with Gasteiger partial charge in [0.1, 0.15) is 12.4 Å². The first-order valence-electron chi connectivity index (χ1n) is 4.66. The SMILES string of the molecule is O=Cc1cccc(C(O)C(O)CCCl)c1. The molecule has 1 rings (SSSR count). The van der Waals surface area contributed by atoms with Crippen LogP contribution in [0.3, 0.4) is 0 Å². The molecule has 4 heteroatoms. The number of carbonyl (C=O) groups is 1. The molecule has 3 nitrogen and oxygen atoms in total. The number of aliphatic hydroxyl groups excluding tert-OH is 2. The number of benzene rings is 1. The van der Waals surface area contributed by atoms with Crippen LogP contribution in [0.1, 0.15) is 28.4 Å². The molecule has 2 N–H and O–H groups in total. The van der Waals surface area contributed by atoms with Crippen LogP contribution in [0, 0.1) is 0 Å². The van der Waals surface area contributed by atoms with Gasteiger partial charge in [0.25, 0.3) is 0 Å². The molecule has 0 bridgehead atoms. The van der Waals surface area contributed by atoms with Gasteiger partial charge in [0.2, 0.25) is 0 Å². The minimum atomic E-state index is -0.997. The van der Waals surface area contributed by atoms with Gasteiger partial charge in [-0.3, -0.25) is 4.79 Å². The molecule has 0 saturated heterocycles. The number of hydrogen-bond donors (Lipinski definition) is 2. The highest BCUT2D eigenvalue weighted by Gasteiger charge is 2.17. The zero-order valence-corrected chi connectivity index (χ0v) is 8.89. The van der Waals surface area contributed by atoms with Gasteiger partial charge in [-0.05, 0) is 18.1 Å². The van der Waals surface area contributed by atoms with Gasteiger partial charge in [0.05, 0.1) is 6.10 Å². The number of aldehydes is 1. The van der Waals surface area contributed by atoms with Gasteiger partial charge in [-0.15, -0.1) is 11.6 Å². The smallest absolute Gasteiger partial charge is 0.150 e. The Morgan fingerprint density at radius 1 is 1.40 bits per heavy atom.